The fourth-order valence-corrected chi connectivity index (χ4v) is 6.10. The van der Waals surface area contributed by atoms with Crippen LogP contribution in [-0.2, 0) is 21.4 Å². The smallest absolute Gasteiger partial charge is 0.238 e. The van der Waals surface area contributed by atoms with Crippen molar-refractivity contribution in [2.24, 2.45) is 5.14 Å². The fourth-order valence-electron chi connectivity index (χ4n) is 3.27. The van der Waals surface area contributed by atoms with E-state index in [1.807, 2.05) is 55.5 Å². The van der Waals surface area contributed by atoms with Crippen molar-refractivity contribution in [3.8, 4) is 5.75 Å². The predicted molar refractivity (Wildman–Crippen MR) is 135 cm³/mol. The Morgan fingerprint density at radius 2 is 1.85 bits per heavy atom. The Kier molecular flexibility index (Phi) is 7.52. The van der Waals surface area contributed by atoms with Crippen LogP contribution >= 0.6 is 23.1 Å². The standard InChI is InChI=1S/C24H23N3O4S3/c1-2-31-18-10-13-20-21(14-18)32-24(27-20)33-22(17-6-4-3-5-7-17)23(28)26-15-16-8-11-19(12-9-16)34(25,29)30/h3-14,22H,2,15H2,1H3,(H,26,28)(H2,25,29,30)/t22-/m0/s1. The van der Waals surface area contributed by atoms with Crippen molar-refractivity contribution in [1.29, 1.82) is 0 Å². The molecule has 10 heteroatoms. The minimum absolute atomic E-state index is 0.0311. The van der Waals surface area contributed by atoms with Crippen molar-refractivity contribution < 1.29 is 17.9 Å². The number of carbonyl (C=O) groups is 1. The molecule has 0 saturated carbocycles. The van der Waals surface area contributed by atoms with Gasteiger partial charge in [0.1, 0.15) is 11.0 Å². The molecule has 0 bridgehead atoms. The number of fused-ring (bicyclic) bond motifs is 1. The third-order valence-electron chi connectivity index (χ3n) is 4.93. The summed E-state index contributed by atoms with van der Waals surface area (Å²) in [5, 5.41) is 7.59. The first-order chi connectivity index (χ1) is 16.3. The minimum atomic E-state index is -3.76. The Bertz CT molecular complexity index is 1390. The summed E-state index contributed by atoms with van der Waals surface area (Å²) in [6.07, 6.45) is 0. The quantitative estimate of drug-likeness (QED) is 0.319. The molecule has 1 heterocycles. The lowest BCUT2D eigenvalue weighted by molar-refractivity contribution is -0.120. The van der Waals surface area contributed by atoms with Gasteiger partial charge >= 0.3 is 0 Å². The topological polar surface area (TPSA) is 111 Å². The van der Waals surface area contributed by atoms with Gasteiger partial charge in [-0.25, -0.2) is 18.5 Å². The minimum Gasteiger partial charge on any atom is -0.494 e. The van der Waals surface area contributed by atoms with E-state index in [-0.39, 0.29) is 17.3 Å². The van der Waals surface area contributed by atoms with E-state index in [0.717, 1.165) is 31.4 Å². The Morgan fingerprint density at radius 3 is 2.53 bits per heavy atom. The van der Waals surface area contributed by atoms with Crippen LogP contribution in [0.3, 0.4) is 0 Å². The number of rotatable bonds is 9. The monoisotopic (exact) mass is 513 g/mol. The van der Waals surface area contributed by atoms with Crippen LogP contribution in [0.1, 0.15) is 23.3 Å². The van der Waals surface area contributed by atoms with Crippen LogP contribution in [0.25, 0.3) is 10.2 Å². The van der Waals surface area contributed by atoms with Crippen LogP contribution in [0.4, 0.5) is 0 Å². The number of sulfonamides is 1. The SMILES string of the molecule is CCOc1ccc2nc(S[C@H](C(=O)NCc3ccc(S(N)(=O)=O)cc3)c3ccccc3)sc2c1. The molecule has 0 aliphatic heterocycles. The summed E-state index contributed by atoms with van der Waals surface area (Å²) in [6.45, 7) is 2.79. The highest BCUT2D eigenvalue weighted by Gasteiger charge is 2.24. The van der Waals surface area contributed by atoms with E-state index in [1.54, 1.807) is 12.1 Å². The third-order valence-corrected chi connectivity index (χ3v) is 8.22. The van der Waals surface area contributed by atoms with Crippen molar-refractivity contribution >= 4 is 49.2 Å². The van der Waals surface area contributed by atoms with Crippen LogP contribution in [0.5, 0.6) is 5.75 Å². The van der Waals surface area contributed by atoms with Gasteiger partial charge in [0.05, 0.1) is 21.7 Å². The van der Waals surface area contributed by atoms with E-state index in [9.17, 15) is 13.2 Å². The second-order valence-electron chi connectivity index (χ2n) is 7.36. The third kappa shape index (κ3) is 5.95. The van der Waals surface area contributed by atoms with Gasteiger partial charge in [0.2, 0.25) is 15.9 Å². The molecule has 1 atom stereocenters. The van der Waals surface area contributed by atoms with Gasteiger partial charge in [-0.3, -0.25) is 4.79 Å². The molecule has 0 spiro atoms. The van der Waals surface area contributed by atoms with Gasteiger partial charge in [-0.2, -0.15) is 0 Å². The van der Waals surface area contributed by atoms with E-state index < -0.39 is 15.3 Å². The number of thiazole rings is 1. The number of thioether (sulfide) groups is 1. The Morgan fingerprint density at radius 1 is 1.12 bits per heavy atom. The Labute approximate surface area is 206 Å². The summed E-state index contributed by atoms with van der Waals surface area (Å²) in [5.74, 6) is 0.627. The number of primary sulfonamides is 1. The van der Waals surface area contributed by atoms with Gasteiger partial charge < -0.3 is 10.1 Å². The van der Waals surface area contributed by atoms with Crippen LogP contribution in [-0.4, -0.2) is 25.9 Å². The lowest BCUT2D eigenvalue weighted by Gasteiger charge is -2.16. The number of ether oxygens (including phenoxy) is 1. The average Bonchev–Trinajstić information content (AvgIpc) is 3.23. The summed E-state index contributed by atoms with van der Waals surface area (Å²) in [7, 11) is -3.76. The zero-order chi connectivity index (χ0) is 24.1. The number of carbonyl (C=O) groups excluding carboxylic acids is 1. The number of amides is 1. The highest BCUT2D eigenvalue weighted by atomic mass is 32.2. The predicted octanol–water partition coefficient (Wildman–Crippen LogP) is 4.49. The van der Waals surface area contributed by atoms with E-state index in [0.29, 0.717) is 6.61 Å². The lowest BCUT2D eigenvalue weighted by Crippen LogP contribution is -2.27. The van der Waals surface area contributed by atoms with Crippen molar-refractivity contribution in [2.75, 3.05) is 6.61 Å². The lowest BCUT2D eigenvalue weighted by atomic mass is 10.1. The molecule has 0 aliphatic rings. The van der Waals surface area contributed by atoms with Gasteiger partial charge in [0.15, 0.2) is 4.34 Å². The summed E-state index contributed by atoms with van der Waals surface area (Å²) in [5.41, 5.74) is 2.49. The molecule has 4 rings (SSSR count). The molecule has 1 aromatic heterocycles. The number of nitrogens with one attached hydrogen (secondary N) is 1. The molecular weight excluding hydrogens is 490 g/mol. The number of hydrogen-bond acceptors (Lipinski definition) is 7. The number of aromatic nitrogens is 1. The van der Waals surface area contributed by atoms with Gasteiger partial charge in [0.25, 0.3) is 0 Å². The maximum atomic E-state index is 13.2. The average molecular weight is 514 g/mol. The second kappa shape index (κ2) is 10.6. The Hall–Kier alpha value is -2.92. The van der Waals surface area contributed by atoms with E-state index in [4.69, 9.17) is 9.88 Å². The van der Waals surface area contributed by atoms with Crippen molar-refractivity contribution in [2.45, 2.75) is 28.0 Å². The number of nitrogens with two attached hydrogens (primary N) is 1. The molecule has 3 N–H and O–H groups in total. The molecule has 3 aromatic carbocycles. The molecule has 4 aromatic rings. The number of nitrogens with zero attached hydrogens (tertiary/aromatic N) is 1. The molecule has 0 fully saturated rings. The normalized spacial score (nSPS) is 12.4. The van der Waals surface area contributed by atoms with E-state index in [2.05, 4.69) is 10.3 Å². The van der Waals surface area contributed by atoms with Gasteiger partial charge in [-0.05, 0) is 48.4 Å². The summed E-state index contributed by atoms with van der Waals surface area (Å²) < 4.78 is 30.2. The first-order valence-electron chi connectivity index (χ1n) is 10.5. The van der Waals surface area contributed by atoms with Crippen LogP contribution in [0, 0.1) is 0 Å². The van der Waals surface area contributed by atoms with Crippen LogP contribution < -0.4 is 15.2 Å². The molecule has 0 radical (unpaired) electrons. The highest BCUT2D eigenvalue weighted by molar-refractivity contribution is 8.02. The van der Waals surface area contributed by atoms with Crippen molar-refractivity contribution in [3.05, 3.63) is 83.9 Å². The number of hydrogen-bond donors (Lipinski definition) is 2. The fraction of sp³-hybridized carbons (Fsp3) is 0.167. The maximum absolute atomic E-state index is 13.2. The van der Waals surface area contributed by atoms with E-state index >= 15 is 0 Å². The highest BCUT2D eigenvalue weighted by Crippen LogP contribution is 2.40. The maximum Gasteiger partial charge on any atom is 0.238 e. The first-order valence-corrected chi connectivity index (χ1v) is 13.7. The summed E-state index contributed by atoms with van der Waals surface area (Å²) in [4.78, 5) is 17.9. The van der Waals surface area contributed by atoms with Gasteiger partial charge in [-0.1, -0.05) is 54.2 Å². The molecule has 1 amide bonds. The molecule has 0 aliphatic carbocycles. The van der Waals surface area contributed by atoms with E-state index in [1.165, 1.54) is 35.2 Å². The Balaban J connectivity index is 1.52. The van der Waals surface area contributed by atoms with Gasteiger partial charge in [-0.15, -0.1) is 11.3 Å². The largest absolute Gasteiger partial charge is 0.494 e. The molecule has 176 valence electrons. The molecule has 0 saturated heterocycles. The first kappa shape index (κ1) is 24.2. The zero-order valence-corrected chi connectivity index (χ0v) is 20.8. The molecule has 34 heavy (non-hydrogen) atoms. The second-order valence-corrected chi connectivity index (χ2v) is 11.3. The van der Waals surface area contributed by atoms with Crippen molar-refractivity contribution in [3.63, 3.8) is 0 Å². The summed E-state index contributed by atoms with van der Waals surface area (Å²) in [6, 6.07) is 21.4. The molecule has 0 unspecified atom stereocenters. The summed E-state index contributed by atoms with van der Waals surface area (Å²) >= 11 is 2.91. The van der Waals surface area contributed by atoms with Gasteiger partial charge in [0, 0.05) is 6.54 Å². The van der Waals surface area contributed by atoms with Crippen LogP contribution in [0.2, 0.25) is 0 Å². The zero-order valence-electron chi connectivity index (χ0n) is 18.3. The molecular formula is C24H23N3O4S3. The molecule has 7 nitrogen and oxygen atoms in total. The van der Waals surface area contributed by atoms with Crippen molar-refractivity contribution in [1.82, 2.24) is 10.3 Å². The number of benzene rings is 3. The van der Waals surface area contributed by atoms with Crippen LogP contribution in [0.15, 0.2) is 82.0 Å².